The van der Waals surface area contributed by atoms with Crippen LogP contribution in [0, 0.1) is 6.92 Å². The number of aryl methyl sites for hydroxylation is 1. The highest BCUT2D eigenvalue weighted by Crippen LogP contribution is 2.19. The van der Waals surface area contributed by atoms with Gasteiger partial charge >= 0.3 is 6.03 Å². The summed E-state index contributed by atoms with van der Waals surface area (Å²) in [7, 11) is 1.64. The molecule has 0 radical (unpaired) electrons. The number of hydrogen-bond donors (Lipinski definition) is 1. The highest BCUT2D eigenvalue weighted by molar-refractivity contribution is 5.74. The standard InChI is InChI=1S/C20H25N3O2/c1-16-6-5-8-18(14-16)22-10-12-23(13-11-22)20(24)21-15-17-7-3-4-9-19(17)25-2/h3-9,14H,10-13,15H2,1-2H3,(H,21,24). The molecule has 0 atom stereocenters. The van der Waals surface area contributed by atoms with Crippen LogP contribution in [0.3, 0.4) is 0 Å². The van der Waals surface area contributed by atoms with Crippen LogP contribution in [0.25, 0.3) is 0 Å². The molecule has 0 spiro atoms. The molecule has 0 saturated carbocycles. The number of para-hydroxylation sites is 1. The minimum absolute atomic E-state index is 0.0187. The number of ether oxygens (including phenoxy) is 1. The van der Waals surface area contributed by atoms with Crippen molar-refractivity contribution in [1.82, 2.24) is 10.2 Å². The van der Waals surface area contributed by atoms with Gasteiger partial charge in [0.05, 0.1) is 7.11 Å². The normalized spacial score (nSPS) is 14.3. The van der Waals surface area contributed by atoms with Crippen LogP contribution in [-0.4, -0.2) is 44.2 Å². The number of urea groups is 1. The molecule has 0 aromatic heterocycles. The van der Waals surface area contributed by atoms with Crippen LogP contribution in [0.1, 0.15) is 11.1 Å². The Kier molecular flexibility index (Phi) is 5.43. The average molecular weight is 339 g/mol. The van der Waals surface area contributed by atoms with Gasteiger partial charge in [0.25, 0.3) is 0 Å². The summed E-state index contributed by atoms with van der Waals surface area (Å²) in [4.78, 5) is 16.6. The SMILES string of the molecule is COc1ccccc1CNC(=O)N1CCN(c2cccc(C)c2)CC1. The smallest absolute Gasteiger partial charge is 0.317 e. The molecule has 0 aliphatic carbocycles. The Morgan fingerprint density at radius 2 is 1.84 bits per heavy atom. The number of methoxy groups -OCH3 is 1. The van der Waals surface area contributed by atoms with Crippen molar-refractivity contribution in [3.63, 3.8) is 0 Å². The number of amides is 2. The van der Waals surface area contributed by atoms with Crippen molar-refractivity contribution >= 4 is 11.7 Å². The van der Waals surface area contributed by atoms with Crippen molar-refractivity contribution in [2.75, 3.05) is 38.2 Å². The predicted molar refractivity (Wildman–Crippen MR) is 100 cm³/mol. The largest absolute Gasteiger partial charge is 0.496 e. The van der Waals surface area contributed by atoms with Crippen LogP contribution in [0.4, 0.5) is 10.5 Å². The number of hydrogen-bond acceptors (Lipinski definition) is 3. The molecule has 0 unspecified atom stereocenters. The summed E-state index contributed by atoms with van der Waals surface area (Å²) >= 11 is 0. The third-order valence-electron chi connectivity index (χ3n) is 4.56. The van der Waals surface area contributed by atoms with Crippen LogP contribution in [0.2, 0.25) is 0 Å². The second-order valence-electron chi connectivity index (χ2n) is 6.28. The van der Waals surface area contributed by atoms with E-state index in [9.17, 15) is 4.79 Å². The number of carbonyl (C=O) groups excluding carboxylic acids is 1. The van der Waals surface area contributed by atoms with E-state index < -0.39 is 0 Å². The lowest BCUT2D eigenvalue weighted by molar-refractivity contribution is 0.194. The first-order valence-electron chi connectivity index (χ1n) is 8.63. The molecule has 1 aliphatic rings. The monoisotopic (exact) mass is 339 g/mol. The number of rotatable bonds is 4. The minimum atomic E-state index is -0.0187. The van der Waals surface area contributed by atoms with E-state index in [4.69, 9.17) is 4.74 Å². The van der Waals surface area contributed by atoms with Crippen LogP contribution in [0.15, 0.2) is 48.5 Å². The summed E-state index contributed by atoms with van der Waals surface area (Å²) in [6.45, 7) is 5.74. The van der Waals surface area contributed by atoms with Crippen LogP contribution in [0.5, 0.6) is 5.75 Å². The van der Waals surface area contributed by atoms with Crippen molar-refractivity contribution < 1.29 is 9.53 Å². The Balaban J connectivity index is 1.51. The zero-order chi connectivity index (χ0) is 17.6. The van der Waals surface area contributed by atoms with E-state index in [1.807, 2.05) is 29.2 Å². The van der Waals surface area contributed by atoms with E-state index >= 15 is 0 Å². The lowest BCUT2D eigenvalue weighted by atomic mass is 10.2. The zero-order valence-corrected chi connectivity index (χ0v) is 14.9. The summed E-state index contributed by atoms with van der Waals surface area (Å²) in [6.07, 6.45) is 0. The third-order valence-corrected chi connectivity index (χ3v) is 4.56. The van der Waals surface area contributed by atoms with E-state index in [0.717, 1.165) is 37.5 Å². The minimum Gasteiger partial charge on any atom is -0.496 e. The molecule has 2 aromatic carbocycles. The number of piperazine rings is 1. The molecule has 1 saturated heterocycles. The van der Waals surface area contributed by atoms with Gasteiger partial charge in [0.15, 0.2) is 0 Å². The van der Waals surface area contributed by atoms with Crippen molar-refractivity contribution in [2.24, 2.45) is 0 Å². The van der Waals surface area contributed by atoms with Crippen molar-refractivity contribution in [3.8, 4) is 5.75 Å². The summed E-state index contributed by atoms with van der Waals surface area (Å²) in [6, 6.07) is 16.2. The van der Waals surface area contributed by atoms with Gasteiger partial charge in [-0.15, -0.1) is 0 Å². The summed E-state index contributed by atoms with van der Waals surface area (Å²) in [5, 5.41) is 3.00. The third kappa shape index (κ3) is 4.24. The first-order valence-corrected chi connectivity index (χ1v) is 8.63. The van der Waals surface area contributed by atoms with Gasteiger partial charge in [-0.05, 0) is 30.7 Å². The molecule has 3 rings (SSSR count). The lowest BCUT2D eigenvalue weighted by Crippen LogP contribution is -2.51. The fourth-order valence-electron chi connectivity index (χ4n) is 3.12. The van der Waals surface area contributed by atoms with E-state index in [2.05, 4.69) is 41.4 Å². The number of anilines is 1. The maximum Gasteiger partial charge on any atom is 0.317 e. The molecule has 2 aromatic rings. The first-order chi connectivity index (χ1) is 12.2. The highest BCUT2D eigenvalue weighted by Gasteiger charge is 2.21. The van der Waals surface area contributed by atoms with Gasteiger partial charge < -0.3 is 19.9 Å². The van der Waals surface area contributed by atoms with Crippen molar-refractivity contribution in [2.45, 2.75) is 13.5 Å². The van der Waals surface area contributed by atoms with E-state index in [0.29, 0.717) is 6.54 Å². The van der Waals surface area contributed by atoms with Crippen molar-refractivity contribution in [3.05, 3.63) is 59.7 Å². The number of nitrogens with zero attached hydrogens (tertiary/aromatic N) is 2. The second kappa shape index (κ2) is 7.92. The number of carbonyl (C=O) groups is 1. The van der Waals surface area contributed by atoms with Gasteiger partial charge in [0.2, 0.25) is 0 Å². The molecule has 5 nitrogen and oxygen atoms in total. The fourth-order valence-corrected chi connectivity index (χ4v) is 3.12. The Morgan fingerprint density at radius 3 is 2.56 bits per heavy atom. The van der Waals surface area contributed by atoms with Crippen molar-refractivity contribution in [1.29, 1.82) is 0 Å². The van der Waals surface area contributed by atoms with Gasteiger partial charge in [-0.2, -0.15) is 0 Å². The van der Waals surface area contributed by atoms with Crippen LogP contribution in [-0.2, 0) is 6.54 Å². The first kappa shape index (κ1) is 17.1. The van der Waals surface area contributed by atoms with E-state index in [1.54, 1.807) is 7.11 Å². The molecular formula is C20H25N3O2. The summed E-state index contributed by atoms with van der Waals surface area (Å²) in [5.74, 6) is 0.798. The van der Waals surface area contributed by atoms with Gasteiger partial charge in [-0.1, -0.05) is 30.3 Å². The molecule has 1 heterocycles. The van der Waals surface area contributed by atoms with Crippen LogP contribution < -0.4 is 15.0 Å². The molecule has 5 heteroatoms. The van der Waals surface area contributed by atoms with Gasteiger partial charge in [0.1, 0.15) is 5.75 Å². The predicted octanol–water partition coefficient (Wildman–Crippen LogP) is 3.04. The zero-order valence-electron chi connectivity index (χ0n) is 14.9. The number of benzene rings is 2. The molecule has 1 N–H and O–H groups in total. The highest BCUT2D eigenvalue weighted by atomic mass is 16.5. The van der Waals surface area contributed by atoms with E-state index in [-0.39, 0.29) is 6.03 Å². The molecule has 1 aliphatic heterocycles. The summed E-state index contributed by atoms with van der Waals surface area (Å²) < 4.78 is 5.32. The maximum absolute atomic E-state index is 12.4. The molecular weight excluding hydrogens is 314 g/mol. The maximum atomic E-state index is 12.4. The lowest BCUT2D eigenvalue weighted by Gasteiger charge is -2.36. The Hall–Kier alpha value is -2.69. The van der Waals surface area contributed by atoms with Gasteiger partial charge in [-0.25, -0.2) is 4.79 Å². The molecule has 2 amide bonds. The summed E-state index contributed by atoms with van der Waals surface area (Å²) in [5.41, 5.74) is 3.47. The Labute approximate surface area is 149 Å². The second-order valence-corrected chi connectivity index (χ2v) is 6.28. The molecule has 132 valence electrons. The molecule has 0 bridgehead atoms. The molecule has 1 fully saturated rings. The quantitative estimate of drug-likeness (QED) is 0.931. The number of nitrogens with one attached hydrogen (secondary N) is 1. The fraction of sp³-hybridized carbons (Fsp3) is 0.350. The van der Waals surface area contributed by atoms with Gasteiger partial charge in [0, 0.05) is 44.0 Å². The Morgan fingerprint density at radius 1 is 1.08 bits per heavy atom. The molecule has 25 heavy (non-hydrogen) atoms. The topological polar surface area (TPSA) is 44.8 Å². The Bertz CT molecular complexity index is 724. The average Bonchev–Trinajstić information content (AvgIpc) is 2.66. The van der Waals surface area contributed by atoms with E-state index in [1.165, 1.54) is 11.3 Å². The van der Waals surface area contributed by atoms with Crippen LogP contribution >= 0.6 is 0 Å². The van der Waals surface area contributed by atoms with Gasteiger partial charge in [-0.3, -0.25) is 0 Å².